The van der Waals surface area contributed by atoms with Gasteiger partial charge in [-0.3, -0.25) is 9.59 Å². The van der Waals surface area contributed by atoms with E-state index < -0.39 is 0 Å². The molecule has 2 amide bonds. The van der Waals surface area contributed by atoms with Crippen LogP contribution in [-0.2, 0) is 4.79 Å². The van der Waals surface area contributed by atoms with Crippen LogP contribution in [0.5, 0.6) is 5.88 Å². The number of pyridine rings is 1. The second-order valence-electron chi connectivity index (χ2n) is 9.31. The highest BCUT2D eigenvalue weighted by Crippen LogP contribution is 2.32. The molecule has 1 aliphatic heterocycles. The number of carbonyl (C=O) groups is 2. The topological polar surface area (TPSA) is 83.0 Å². The third kappa shape index (κ3) is 5.40. The van der Waals surface area contributed by atoms with Crippen molar-refractivity contribution in [3.8, 4) is 17.7 Å². The van der Waals surface area contributed by atoms with E-state index in [1.807, 2.05) is 44.2 Å². The highest BCUT2D eigenvalue weighted by Gasteiger charge is 2.37. The minimum atomic E-state index is -0.369. The van der Waals surface area contributed by atoms with Gasteiger partial charge in [-0.2, -0.15) is 0 Å². The van der Waals surface area contributed by atoms with Crippen LogP contribution >= 0.6 is 0 Å². The van der Waals surface area contributed by atoms with E-state index in [1.54, 1.807) is 29.1 Å². The van der Waals surface area contributed by atoms with Gasteiger partial charge in [-0.15, -0.1) is 0 Å². The van der Waals surface area contributed by atoms with Crippen LogP contribution in [0.1, 0.15) is 48.2 Å². The van der Waals surface area contributed by atoms with Gasteiger partial charge < -0.3 is 19.6 Å². The molecule has 0 spiro atoms. The molecule has 0 radical (unpaired) electrons. The molecule has 1 aromatic carbocycles. The molecule has 7 nitrogen and oxygen atoms in total. The molecule has 2 heterocycles. The lowest BCUT2D eigenvalue weighted by atomic mass is 9.99. The summed E-state index contributed by atoms with van der Waals surface area (Å²) in [5.74, 6) is 6.33. The van der Waals surface area contributed by atoms with E-state index in [1.165, 1.54) is 0 Å². The van der Waals surface area contributed by atoms with Crippen molar-refractivity contribution in [3.63, 3.8) is 0 Å². The van der Waals surface area contributed by atoms with Crippen molar-refractivity contribution in [2.45, 2.75) is 38.8 Å². The van der Waals surface area contributed by atoms with Crippen molar-refractivity contribution >= 4 is 11.8 Å². The van der Waals surface area contributed by atoms with Gasteiger partial charge in [0.15, 0.2) is 0 Å². The predicted octanol–water partition coefficient (Wildman–Crippen LogP) is 2.57. The van der Waals surface area contributed by atoms with Gasteiger partial charge in [0, 0.05) is 42.8 Å². The second kappa shape index (κ2) is 10.3. The lowest BCUT2D eigenvalue weighted by Crippen LogP contribution is -2.50. The molecule has 0 saturated heterocycles. The predicted molar refractivity (Wildman–Crippen MR) is 128 cm³/mol. The van der Waals surface area contributed by atoms with E-state index in [4.69, 9.17) is 4.74 Å². The molecule has 1 fully saturated rings. The van der Waals surface area contributed by atoms with E-state index in [0.717, 1.165) is 18.4 Å². The highest BCUT2D eigenvalue weighted by atomic mass is 16.5. The molecule has 1 saturated carbocycles. The van der Waals surface area contributed by atoms with Crippen LogP contribution in [0.25, 0.3) is 0 Å². The first-order chi connectivity index (χ1) is 16.4. The minimum Gasteiger partial charge on any atom is -0.472 e. The molecule has 3 atom stereocenters. The molecule has 4 rings (SSSR count). The number of fused-ring (bicyclic) bond motifs is 1. The van der Waals surface area contributed by atoms with Crippen LogP contribution in [0.4, 0.5) is 0 Å². The molecule has 1 aromatic heterocycles. The SMILES string of the molecule is C[C@@H]1CN([C@H](C)CO)C(=O)c2cc(C#Cc3ccccc3)cnc2O[C@@H]1CN(C)C(=O)C1CC1. The van der Waals surface area contributed by atoms with Gasteiger partial charge in [0.05, 0.1) is 19.2 Å². The fraction of sp³-hybridized carbons (Fsp3) is 0.444. The maximum Gasteiger partial charge on any atom is 0.259 e. The Morgan fingerprint density at radius 1 is 1.26 bits per heavy atom. The fourth-order valence-corrected chi connectivity index (χ4v) is 4.06. The quantitative estimate of drug-likeness (QED) is 0.692. The van der Waals surface area contributed by atoms with Crippen LogP contribution < -0.4 is 4.74 Å². The van der Waals surface area contributed by atoms with Crippen molar-refractivity contribution in [3.05, 3.63) is 59.3 Å². The fourth-order valence-electron chi connectivity index (χ4n) is 4.06. The summed E-state index contributed by atoms with van der Waals surface area (Å²) in [6.45, 7) is 4.46. The van der Waals surface area contributed by atoms with Crippen molar-refractivity contribution in [2.24, 2.45) is 11.8 Å². The maximum atomic E-state index is 13.5. The molecule has 0 bridgehead atoms. The van der Waals surface area contributed by atoms with Gasteiger partial charge in [0.1, 0.15) is 11.7 Å². The summed E-state index contributed by atoms with van der Waals surface area (Å²) in [5.41, 5.74) is 1.78. The lowest BCUT2D eigenvalue weighted by molar-refractivity contribution is -0.132. The number of rotatable bonds is 5. The van der Waals surface area contributed by atoms with Crippen molar-refractivity contribution < 1.29 is 19.4 Å². The first-order valence-corrected chi connectivity index (χ1v) is 11.8. The standard InChI is InChI=1S/C27H31N3O4/c1-18-15-30(19(2)17-31)27(33)23-13-21(10-9-20-7-5-4-6-8-20)14-28-25(23)34-24(18)16-29(3)26(32)22-11-12-22/h4-8,13-14,18-19,22,24,31H,11-12,15-17H2,1-3H3/t18-,19-,24-/m1/s1. The van der Waals surface area contributed by atoms with Crippen LogP contribution in [0.3, 0.4) is 0 Å². The molecule has 2 aliphatic rings. The number of hydrogen-bond donors (Lipinski definition) is 1. The van der Waals surface area contributed by atoms with Crippen LogP contribution in [0, 0.1) is 23.7 Å². The average Bonchev–Trinajstić information content (AvgIpc) is 3.70. The lowest BCUT2D eigenvalue weighted by Gasteiger charge is -2.37. The molecule has 7 heteroatoms. The summed E-state index contributed by atoms with van der Waals surface area (Å²) < 4.78 is 6.26. The van der Waals surface area contributed by atoms with Gasteiger partial charge in [-0.1, -0.05) is 37.0 Å². The number of aromatic nitrogens is 1. The Balaban J connectivity index is 1.66. The number of aliphatic hydroxyl groups excluding tert-OH is 1. The van der Waals surface area contributed by atoms with Gasteiger partial charge in [0.2, 0.25) is 11.8 Å². The van der Waals surface area contributed by atoms with Gasteiger partial charge in [-0.25, -0.2) is 4.98 Å². The zero-order chi connectivity index (χ0) is 24.2. The first kappa shape index (κ1) is 23.8. The molecule has 178 valence electrons. The minimum absolute atomic E-state index is 0.0695. The van der Waals surface area contributed by atoms with Crippen LogP contribution in [0.2, 0.25) is 0 Å². The Hall–Kier alpha value is -3.37. The van der Waals surface area contributed by atoms with Gasteiger partial charge in [-0.05, 0) is 38.0 Å². The molecule has 1 N–H and O–H groups in total. The normalized spacial score (nSPS) is 20.7. The summed E-state index contributed by atoms with van der Waals surface area (Å²) in [7, 11) is 1.80. The smallest absolute Gasteiger partial charge is 0.259 e. The van der Waals surface area contributed by atoms with E-state index in [2.05, 4.69) is 16.8 Å². The Kier molecular flexibility index (Phi) is 7.18. The third-order valence-corrected chi connectivity index (χ3v) is 6.40. The van der Waals surface area contributed by atoms with Gasteiger partial charge in [0.25, 0.3) is 5.91 Å². The van der Waals surface area contributed by atoms with E-state index >= 15 is 0 Å². The number of amides is 2. The van der Waals surface area contributed by atoms with E-state index in [-0.39, 0.29) is 48.3 Å². The Morgan fingerprint density at radius 3 is 2.65 bits per heavy atom. The second-order valence-corrected chi connectivity index (χ2v) is 9.31. The largest absolute Gasteiger partial charge is 0.472 e. The molecule has 34 heavy (non-hydrogen) atoms. The number of nitrogens with zero attached hydrogens (tertiary/aromatic N) is 3. The van der Waals surface area contributed by atoms with Crippen molar-refractivity contribution in [1.82, 2.24) is 14.8 Å². The Bertz CT molecular complexity index is 1100. The Labute approximate surface area is 200 Å². The summed E-state index contributed by atoms with van der Waals surface area (Å²) in [6, 6.07) is 10.9. The number of aliphatic hydroxyl groups is 1. The average molecular weight is 462 g/mol. The summed E-state index contributed by atoms with van der Waals surface area (Å²) >= 11 is 0. The maximum absolute atomic E-state index is 13.5. The van der Waals surface area contributed by atoms with E-state index in [0.29, 0.717) is 24.2 Å². The number of benzene rings is 1. The summed E-state index contributed by atoms with van der Waals surface area (Å²) in [6.07, 6.45) is 3.14. The third-order valence-electron chi connectivity index (χ3n) is 6.40. The monoisotopic (exact) mass is 461 g/mol. The number of carbonyl (C=O) groups excluding carboxylic acids is 2. The zero-order valence-corrected chi connectivity index (χ0v) is 19.9. The van der Waals surface area contributed by atoms with Crippen molar-refractivity contribution in [1.29, 1.82) is 0 Å². The van der Waals surface area contributed by atoms with Gasteiger partial charge >= 0.3 is 0 Å². The molecular formula is C27H31N3O4. The van der Waals surface area contributed by atoms with Crippen molar-refractivity contribution in [2.75, 3.05) is 26.7 Å². The highest BCUT2D eigenvalue weighted by molar-refractivity contribution is 5.97. The van der Waals surface area contributed by atoms with Crippen LogP contribution in [-0.4, -0.2) is 70.6 Å². The molecular weight excluding hydrogens is 430 g/mol. The number of hydrogen-bond acceptors (Lipinski definition) is 5. The molecule has 1 aliphatic carbocycles. The molecule has 0 unspecified atom stereocenters. The molecule has 2 aromatic rings. The zero-order valence-electron chi connectivity index (χ0n) is 19.9. The number of likely N-dealkylation sites (N-methyl/N-ethyl adjacent to an activating group) is 1. The Morgan fingerprint density at radius 2 is 1.97 bits per heavy atom. The van der Waals surface area contributed by atoms with Crippen LogP contribution in [0.15, 0.2) is 42.6 Å². The number of ether oxygens (including phenoxy) is 1. The summed E-state index contributed by atoms with van der Waals surface area (Å²) in [4.78, 5) is 33.8. The summed E-state index contributed by atoms with van der Waals surface area (Å²) in [5, 5.41) is 9.80. The van der Waals surface area contributed by atoms with E-state index in [9.17, 15) is 14.7 Å². The first-order valence-electron chi connectivity index (χ1n) is 11.8.